The summed E-state index contributed by atoms with van der Waals surface area (Å²) >= 11 is 7.06. The van der Waals surface area contributed by atoms with E-state index >= 15 is 0 Å². The van der Waals surface area contributed by atoms with Crippen molar-refractivity contribution in [2.45, 2.75) is 12.3 Å². The van der Waals surface area contributed by atoms with Crippen molar-refractivity contribution in [3.63, 3.8) is 0 Å². The van der Waals surface area contributed by atoms with E-state index in [1.807, 2.05) is 40.9 Å². The molecule has 5 heteroatoms. The topological polar surface area (TPSA) is 20.3 Å². The fourth-order valence-electron chi connectivity index (χ4n) is 2.29. The summed E-state index contributed by atoms with van der Waals surface area (Å²) in [5, 5.41) is 0.167. The average Bonchev–Trinajstić information content (AvgIpc) is 3.06. The van der Waals surface area contributed by atoms with Gasteiger partial charge in [0.05, 0.1) is 0 Å². The number of thiophene rings is 1. The van der Waals surface area contributed by atoms with E-state index in [0.29, 0.717) is 0 Å². The molecule has 0 radical (unpaired) electrons. The number of nitrogens with zero attached hydrogens (tertiary/aromatic N) is 1. The molecule has 104 valence electrons. The highest BCUT2D eigenvalue weighted by Crippen LogP contribution is 2.41. The van der Waals surface area contributed by atoms with Gasteiger partial charge >= 0.3 is 0 Å². The minimum atomic E-state index is 0.118. The molecule has 1 aromatic heterocycles. The summed E-state index contributed by atoms with van der Waals surface area (Å²) in [5.41, 5.74) is 0.750. The van der Waals surface area contributed by atoms with E-state index in [1.165, 1.54) is 9.75 Å². The molecule has 0 N–H and O–H groups in total. The molecule has 1 fully saturated rings. The average molecular weight is 368 g/mol. The van der Waals surface area contributed by atoms with Crippen LogP contribution in [0.1, 0.15) is 25.5 Å². The van der Waals surface area contributed by atoms with Gasteiger partial charge in [-0.1, -0.05) is 22.0 Å². The molecule has 0 bridgehead atoms. The van der Waals surface area contributed by atoms with Crippen molar-refractivity contribution in [1.82, 2.24) is 4.90 Å². The lowest BCUT2D eigenvalue weighted by molar-refractivity contribution is 0.0762. The summed E-state index contributed by atoms with van der Waals surface area (Å²) in [6.07, 6.45) is 0. The molecule has 2 heterocycles. The highest BCUT2D eigenvalue weighted by molar-refractivity contribution is 9.10. The largest absolute Gasteiger partial charge is 0.321 e. The molecule has 0 aliphatic carbocycles. The van der Waals surface area contributed by atoms with Crippen LogP contribution in [0.2, 0.25) is 0 Å². The molecule has 0 spiro atoms. The third kappa shape index (κ3) is 2.80. The van der Waals surface area contributed by atoms with E-state index in [-0.39, 0.29) is 11.3 Å². The number of thioether (sulfide) groups is 1. The zero-order valence-corrected chi connectivity index (χ0v) is 14.2. The highest BCUT2D eigenvalue weighted by Gasteiger charge is 2.32. The maximum Gasteiger partial charge on any atom is 0.255 e. The van der Waals surface area contributed by atoms with Crippen molar-refractivity contribution < 1.29 is 4.79 Å². The van der Waals surface area contributed by atoms with Crippen LogP contribution in [0.25, 0.3) is 0 Å². The van der Waals surface area contributed by atoms with Crippen LogP contribution in [0.4, 0.5) is 0 Å². The predicted octanol–water partition coefficient (Wildman–Crippen LogP) is 4.71. The number of halogens is 1. The first-order chi connectivity index (χ1) is 9.65. The maximum atomic E-state index is 12.7. The molecular formula is C15H14BrNOS2. The second-order valence-corrected chi connectivity index (χ2v) is 8.10. The lowest BCUT2D eigenvalue weighted by Gasteiger charge is -2.23. The standard InChI is InChI=1S/C15H14BrNOS2/c1-10-5-6-13(20-10)15-17(7-8-19-15)14(18)11-3-2-4-12(16)9-11/h2-6,9,15H,7-8H2,1H3/t15-/m0/s1. The van der Waals surface area contributed by atoms with Gasteiger partial charge in [0, 0.05) is 32.1 Å². The first kappa shape index (κ1) is 14.2. The number of aryl methyl sites for hydroxylation is 1. The summed E-state index contributed by atoms with van der Waals surface area (Å²) in [7, 11) is 0. The van der Waals surface area contributed by atoms with Crippen molar-refractivity contribution in [3.8, 4) is 0 Å². The molecule has 3 rings (SSSR count). The van der Waals surface area contributed by atoms with Gasteiger partial charge in [-0.15, -0.1) is 23.1 Å². The fourth-order valence-corrected chi connectivity index (χ4v) is 5.06. The van der Waals surface area contributed by atoms with Gasteiger partial charge in [0.25, 0.3) is 5.91 Å². The van der Waals surface area contributed by atoms with Crippen LogP contribution in [-0.4, -0.2) is 23.1 Å². The molecule has 1 aromatic carbocycles. The summed E-state index contributed by atoms with van der Waals surface area (Å²) in [6.45, 7) is 2.92. The van der Waals surface area contributed by atoms with Crippen LogP contribution in [0, 0.1) is 6.92 Å². The maximum absolute atomic E-state index is 12.7. The van der Waals surface area contributed by atoms with Gasteiger partial charge in [-0.2, -0.15) is 0 Å². The van der Waals surface area contributed by atoms with Crippen LogP contribution in [0.5, 0.6) is 0 Å². The first-order valence-electron chi connectivity index (χ1n) is 6.39. The van der Waals surface area contributed by atoms with Crippen LogP contribution in [-0.2, 0) is 0 Å². The van der Waals surface area contributed by atoms with E-state index in [9.17, 15) is 4.79 Å². The van der Waals surface area contributed by atoms with E-state index < -0.39 is 0 Å². The first-order valence-corrected chi connectivity index (χ1v) is 9.05. The number of carbonyl (C=O) groups is 1. The van der Waals surface area contributed by atoms with Crippen LogP contribution < -0.4 is 0 Å². The Morgan fingerprint density at radius 3 is 2.90 bits per heavy atom. The molecule has 1 amide bonds. The Bertz CT molecular complexity index is 640. The summed E-state index contributed by atoms with van der Waals surface area (Å²) in [6, 6.07) is 11.9. The molecule has 2 nitrogen and oxygen atoms in total. The van der Waals surface area contributed by atoms with Crippen molar-refractivity contribution in [2.24, 2.45) is 0 Å². The molecule has 0 saturated carbocycles. The summed E-state index contributed by atoms with van der Waals surface area (Å²) in [5.74, 6) is 1.12. The SMILES string of the molecule is Cc1ccc([C@@H]2SCCN2C(=O)c2cccc(Br)c2)s1. The number of hydrogen-bond donors (Lipinski definition) is 0. The Morgan fingerprint density at radius 1 is 1.35 bits per heavy atom. The number of rotatable bonds is 2. The molecule has 20 heavy (non-hydrogen) atoms. The predicted molar refractivity (Wildman–Crippen MR) is 89.4 cm³/mol. The normalized spacial score (nSPS) is 18.5. The van der Waals surface area contributed by atoms with E-state index in [2.05, 4.69) is 35.0 Å². The fraction of sp³-hybridized carbons (Fsp3) is 0.267. The number of hydrogen-bond acceptors (Lipinski definition) is 3. The van der Waals surface area contributed by atoms with Gasteiger partial charge < -0.3 is 4.90 Å². The minimum absolute atomic E-state index is 0.118. The van der Waals surface area contributed by atoms with Gasteiger partial charge in [-0.05, 0) is 37.3 Å². The van der Waals surface area contributed by atoms with Crippen molar-refractivity contribution in [3.05, 3.63) is 56.2 Å². The van der Waals surface area contributed by atoms with E-state index in [0.717, 1.165) is 22.3 Å². The number of amides is 1. The summed E-state index contributed by atoms with van der Waals surface area (Å²) in [4.78, 5) is 17.2. The third-order valence-corrected chi connectivity index (χ3v) is 6.17. The molecule has 0 unspecified atom stereocenters. The smallest absolute Gasteiger partial charge is 0.255 e. The molecule has 1 aliphatic rings. The summed E-state index contributed by atoms with van der Waals surface area (Å²) < 4.78 is 0.943. The monoisotopic (exact) mass is 367 g/mol. The number of benzene rings is 1. The van der Waals surface area contributed by atoms with Gasteiger partial charge in [0.2, 0.25) is 0 Å². The lowest BCUT2D eigenvalue weighted by Crippen LogP contribution is -2.30. The van der Waals surface area contributed by atoms with Crippen LogP contribution >= 0.6 is 39.0 Å². The van der Waals surface area contributed by atoms with Crippen LogP contribution in [0.3, 0.4) is 0 Å². The molecule has 1 saturated heterocycles. The second-order valence-electron chi connectivity index (χ2n) is 4.68. The zero-order valence-electron chi connectivity index (χ0n) is 11.0. The quantitative estimate of drug-likeness (QED) is 0.765. The third-order valence-electron chi connectivity index (χ3n) is 3.23. The van der Waals surface area contributed by atoms with Crippen LogP contribution in [0.15, 0.2) is 40.9 Å². The van der Waals surface area contributed by atoms with Gasteiger partial charge in [0.1, 0.15) is 5.37 Å². The Labute approximate surface area is 135 Å². The molecule has 1 aliphatic heterocycles. The van der Waals surface area contributed by atoms with Crippen molar-refractivity contribution in [1.29, 1.82) is 0 Å². The zero-order chi connectivity index (χ0) is 14.1. The van der Waals surface area contributed by atoms with Gasteiger partial charge in [0.15, 0.2) is 0 Å². The Hall–Kier alpha value is -0.780. The van der Waals surface area contributed by atoms with Gasteiger partial charge in [-0.3, -0.25) is 4.79 Å². The highest BCUT2D eigenvalue weighted by atomic mass is 79.9. The number of carbonyl (C=O) groups excluding carboxylic acids is 1. The second kappa shape index (κ2) is 5.92. The molecule has 1 atom stereocenters. The van der Waals surface area contributed by atoms with Crippen molar-refractivity contribution in [2.75, 3.05) is 12.3 Å². The minimum Gasteiger partial charge on any atom is -0.321 e. The molecular weight excluding hydrogens is 354 g/mol. The van der Waals surface area contributed by atoms with E-state index in [1.54, 1.807) is 11.3 Å². The Morgan fingerprint density at radius 2 is 2.20 bits per heavy atom. The Kier molecular flexibility index (Phi) is 4.19. The Balaban J connectivity index is 1.87. The van der Waals surface area contributed by atoms with Crippen molar-refractivity contribution >= 4 is 44.9 Å². The van der Waals surface area contributed by atoms with E-state index in [4.69, 9.17) is 0 Å². The van der Waals surface area contributed by atoms with Gasteiger partial charge in [-0.25, -0.2) is 0 Å². The molecule has 2 aromatic rings. The lowest BCUT2D eigenvalue weighted by atomic mass is 10.2.